The molecule has 0 saturated carbocycles. The van der Waals surface area contributed by atoms with Gasteiger partial charge in [0.15, 0.2) is 5.78 Å². The van der Waals surface area contributed by atoms with Gasteiger partial charge in [0, 0.05) is 34.3 Å². The fourth-order valence-electron chi connectivity index (χ4n) is 2.77. The molecule has 0 N–H and O–H groups in total. The topological polar surface area (TPSA) is 20.3 Å². The highest BCUT2D eigenvalue weighted by Gasteiger charge is 2.24. The van der Waals surface area contributed by atoms with Crippen LogP contribution >= 0.6 is 35.6 Å². The Bertz CT molecular complexity index is 775. The molecule has 0 spiro atoms. The van der Waals surface area contributed by atoms with Crippen LogP contribution in [-0.2, 0) is 4.79 Å². The van der Waals surface area contributed by atoms with Crippen molar-refractivity contribution in [3.8, 4) is 0 Å². The molecule has 1 aliphatic heterocycles. The molecule has 0 amide bonds. The van der Waals surface area contributed by atoms with Crippen LogP contribution in [0.1, 0.15) is 11.1 Å². The van der Waals surface area contributed by atoms with E-state index in [1.54, 1.807) is 0 Å². The van der Waals surface area contributed by atoms with Crippen molar-refractivity contribution in [2.24, 2.45) is 0 Å². The molecule has 3 rings (SSSR count). The molecular weight excluding hydrogens is 377 g/mol. The fourth-order valence-corrected chi connectivity index (χ4v) is 3.15. The molecule has 5 heteroatoms. The van der Waals surface area contributed by atoms with Crippen molar-refractivity contribution in [2.45, 2.75) is 0 Å². The summed E-state index contributed by atoms with van der Waals surface area (Å²) in [6.07, 6.45) is 3.75. The van der Waals surface area contributed by atoms with Gasteiger partial charge in [0.25, 0.3) is 0 Å². The lowest BCUT2D eigenvalue weighted by atomic mass is 9.94. The number of carbonyl (C=O) groups is 1. The number of likely N-dealkylation sites (tertiary alicyclic amines) is 1. The van der Waals surface area contributed by atoms with E-state index in [-0.39, 0.29) is 18.2 Å². The van der Waals surface area contributed by atoms with E-state index in [0.717, 1.165) is 22.3 Å². The van der Waals surface area contributed by atoms with Crippen LogP contribution in [0.2, 0.25) is 10.0 Å². The number of halogens is 3. The first-order chi connectivity index (χ1) is 11.5. The summed E-state index contributed by atoms with van der Waals surface area (Å²) in [4.78, 5) is 15.0. The van der Waals surface area contributed by atoms with Crippen molar-refractivity contribution < 1.29 is 4.79 Å². The molecule has 0 radical (unpaired) electrons. The van der Waals surface area contributed by atoms with Gasteiger partial charge in [-0.3, -0.25) is 9.69 Å². The Morgan fingerprint density at radius 2 is 1.24 bits per heavy atom. The zero-order valence-electron chi connectivity index (χ0n) is 13.7. The van der Waals surface area contributed by atoms with E-state index in [1.165, 1.54) is 0 Å². The Balaban J connectivity index is 0.00000225. The lowest BCUT2D eigenvalue weighted by Gasteiger charge is -2.26. The third kappa shape index (κ3) is 4.74. The molecule has 1 aliphatic rings. The van der Waals surface area contributed by atoms with E-state index in [0.29, 0.717) is 23.1 Å². The molecule has 1 heterocycles. The molecule has 1 fully saturated rings. The van der Waals surface area contributed by atoms with Crippen LogP contribution in [0.3, 0.4) is 0 Å². The molecule has 2 aromatic carbocycles. The minimum atomic E-state index is 0. The number of hydrogen-bond acceptors (Lipinski definition) is 2. The van der Waals surface area contributed by atoms with E-state index < -0.39 is 0 Å². The summed E-state index contributed by atoms with van der Waals surface area (Å²) in [6, 6.07) is 15.1. The summed E-state index contributed by atoms with van der Waals surface area (Å²) in [5, 5.41) is 1.28. The summed E-state index contributed by atoms with van der Waals surface area (Å²) in [6.45, 7) is 1.20. The Morgan fingerprint density at radius 3 is 1.64 bits per heavy atom. The predicted molar refractivity (Wildman–Crippen MR) is 109 cm³/mol. The van der Waals surface area contributed by atoms with Gasteiger partial charge < -0.3 is 0 Å². The molecule has 1 saturated heterocycles. The zero-order valence-corrected chi connectivity index (χ0v) is 16.0. The van der Waals surface area contributed by atoms with E-state index >= 15 is 0 Å². The zero-order chi connectivity index (χ0) is 17.1. The number of likely N-dealkylation sites (N-methyl/N-ethyl adjacent to an activating group) is 1. The van der Waals surface area contributed by atoms with Crippen LogP contribution < -0.4 is 0 Å². The molecular formula is C20H18Cl3NO. The van der Waals surface area contributed by atoms with Gasteiger partial charge in [-0.15, -0.1) is 12.4 Å². The van der Waals surface area contributed by atoms with Gasteiger partial charge in [-0.2, -0.15) is 0 Å². The first-order valence-electron chi connectivity index (χ1n) is 7.68. The van der Waals surface area contributed by atoms with E-state index in [4.69, 9.17) is 23.2 Å². The van der Waals surface area contributed by atoms with Gasteiger partial charge in [0.05, 0.1) is 0 Å². The predicted octanol–water partition coefficient (Wildman–Crippen LogP) is 5.40. The van der Waals surface area contributed by atoms with Crippen molar-refractivity contribution in [1.29, 1.82) is 0 Å². The maximum Gasteiger partial charge on any atom is 0.187 e. The first kappa shape index (κ1) is 19.7. The normalized spacial score (nSPS) is 18.4. The SMILES string of the molecule is CN1C/C(=C\c2ccccc2Cl)C(=O)/C(=C/c2ccccc2Cl)C1.Cl. The number of benzene rings is 2. The van der Waals surface area contributed by atoms with E-state index in [2.05, 4.69) is 4.90 Å². The van der Waals surface area contributed by atoms with Gasteiger partial charge in [0.2, 0.25) is 0 Å². The van der Waals surface area contributed by atoms with Crippen LogP contribution in [0.5, 0.6) is 0 Å². The molecule has 0 aromatic heterocycles. The van der Waals surface area contributed by atoms with Crippen LogP contribution in [0.4, 0.5) is 0 Å². The highest BCUT2D eigenvalue weighted by atomic mass is 35.5. The highest BCUT2D eigenvalue weighted by Crippen LogP contribution is 2.25. The highest BCUT2D eigenvalue weighted by molar-refractivity contribution is 6.33. The van der Waals surface area contributed by atoms with Crippen molar-refractivity contribution in [3.05, 3.63) is 80.8 Å². The number of carbonyl (C=O) groups excluding carboxylic acids is 1. The smallest absolute Gasteiger partial charge is 0.187 e. The molecule has 0 atom stereocenters. The lowest BCUT2D eigenvalue weighted by molar-refractivity contribution is -0.113. The quantitative estimate of drug-likeness (QED) is 0.636. The Labute approximate surface area is 164 Å². The largest absolute Gasteiger partial charge is 0.298 e. The van der Waals surface area contributed by atoms with Crippen LogP contribution in [0.15, 0.2) is 59.7 Å². The second-order valence-corrected chi connectivity index (χ2v) is 6.70. The van der Waals surface area contributed by atoms with E-state index in [1.807, 2.05) is 67.7 Å². The van der Waals surface area contributed by atoms with Crippen molar-refractivity contribution in [3.63, 3.8) is 0 Å². The Morgan fingerprint density at radius 1 is 0.840 bits per heavy atom. The number of rotatable bonds is 2. The van der Waals surface area contributed by atoms with E-state index in [9.17, 15) is 4.79 Å². The van der Waals surface area contributed by atoms with Crippen LogP contribution in [0, 0.1) is 0 Å². The lowest BCUT2D eigenvalue weighted by Crippen LogP contribution is -2.34. The average molecular weight is 395 g/mol. The standard InChI is InChI=1S/C20H17Cl2NO.ClH/c1-23-12-16(10-14-6-2-4-8-18(14)21)20(24)17(13-23)11-15-7-3-5-9-19(15)22;/h2-11H,12-13H2,1H3;1H/b16-10+,17-11+;. The number of piperidine rings is 1. The van der Waals surface area contributed by atoms with Gasteiger partial charge in [-0.25, -0.2) is 0 Å². The number of nitrogens with zero attached hydrogens (tertiary/aromatic N) is 1. The minimum Gasteiger partial charge on any atom is -0.298 e. The molecule has 25 heavy (non-hydrogen) atoms. The van der Waals surface area contributed by atoms with Crippen molar-refractivity contribution in [2.75, 3.05) is 20.1 Å². The summed E-state index contributed by atoms with van der Waals surface area (Å²) in [7, 11) is 1.99. The Hall–Kier alpha value is -1.58. The monoisotopic (exact) mass is 393 g/mol. The van der Waals surface area contributed by atoms with Crippen LogP contribution in [0.25, 0.3) is 12.2 Å². The van der Waals surface area contributed by atoms with Gasteiger partial charge >= 0.3 is 0 Å². The number of Topliss-reactive ketones (excluding diaryl/α,β-unsaturated/α-hetero) is 1. The minimum absolute atomic E-state index is 0. The number of hydrogen-bond donors (Lipinski definition) is 0. The summed E-state index contributed by atoms with van der Waals surface area (Å²) in [5.41, 5.74) is 3.18. The first-order valence-corrected chi connectivity index (χ1v) is 8.43. The third-order valence-corrected chi connectivity index (χ3v) is 4.62. The second kappa shape index (κ2) is 8.68. The molecule has 0 bridgehead atoms. The molecule has 0 aliphatic carbocycles. The summed E-state index contributed by atoms with van der Waals surface area (Å²) < 4.78 is 0. The van der Waals surface area contributed by atoms with Gasteiger partial charge in [-0.05, 0) is 42.5 Å². The Kier molecular flexibility index (Phi) is 6.86. The summed E-state index contributed by atoms with van der Waals surface area (Å²) >= 11 is 12.4. The van der Waals surface area contributed by atoms with Crippen molar-refractivity contribution >= 4 is 53.5 Å². The maximum absolute atomic E-state index is 12.9. The van der Waals surface area contributed by atoms with Gasteiger partial charge in [-0.1, -0.05) is 59.6 Å². The average Bonchev–Trinajstić information content (AvgIpc) is 2.56. The van der Waals surface area contributed by atoms with Crippen molar-refractivity contribution in [1.82, 2.24) is 4.90 Å². The second-order valence-electron chi connectivity index (χ2n) is 5.88. The summed E-state index contributed by atoms with van der Waals surface area (Å²) in [5.74, 6) is 0.0490. The molecule has 2 aromatic rings. The third-order valence-electron chi connectivity index (χ3n) is 3.93. The van der Waals surface area contributed by atoms with Crippen LogP contribution in [-0.4, -0.2) is 30.8 Å². The molecule has 2 nitrogen and oxygen atoms in total. The fraction of sp³-hybridized carbons (Fsp3) is 0.150. The molecule has 130 valence electrons. The maximum atomic E-state index is 12.9. The number of ketones is 1. The van der Waals surface area contributed by atoms with Gasteiger partial charge in [0.1, 0.15) is 0 Å². The molecule has 0 unspecified atom stereocenters.